The van der Waals surface area contributed by atoms with Crippen LogP contribution < -0.4 is 10.1 Å². The fourth-order valence-electron chi connectivity index (χ4n) is 2.72. The molecule has 0 aliphatic heterocycles. The number of alkyl halides is 3. The highest BCUT2D eigenvalue weighted by atomic mass is 19.4. The maximum Gasteiger partial charge on any atom is 0.522 e. The smallest absolute Gasteiger partial charge is 0.491 e. The van der Waals surface area contributed by atoms with Crippen molar-refractivity contribution in [1.82, 2.24) is 5.32 Å². The lowest BCUT2D eigenvalue weighted by Gasteiger charge is -2.27. The minimum absolute atomic E-state index is 0.109. The summed E-state index contributed by atoms with van der Waals surface area (Å²) >= 11 is 0. The van der Waals surface area contributed by atoms with Crippen molar-refractivity contribution in [2.24, 2.45) is 0 Å². The van der Waals surface area contributed by atoms with Crippen LogP contribution in [0.15, 0.2) is 18.2 Å². The highest BCUT2D eigenvalue weighted by molar-refractivity contribution is 5.43. The third-order valence-corrected chi connectivity index (χ3v) is 3.52. The SMILES string of the molecule is CCNC1CCCc2c(OCCOC(F)(F)F)cccc21. The third-order valence-electron chi connectivity index (χ3n) is 3.52. The van der Waals surface area contributed by atoms with Gasteiger partial charge in [-0.3, -0.25) is 4.74 Å². The van der Waals surface area contributed by atoms with Crippen molar-refractivity contribution in [3.8, 4) is 5.75 Å². The summed E-state index contributed by atoms with van der Waals surface area (Å²) in [5.74, 6) is 0.667. The molecule has 2 rings (SSSR count). The van der Waals surface area contributed by atoms with Gasteiger partial charge in [-0.1, -0.05) is 19.1 Å². The summed E-state index contributed by atoms with van der Waals surface area (Å²) in [7, 11) is 0. The number of benzene rings is 1. The minimum atomic E-state index is -4.60. The first-order chi connectivity index (χ1) is 10.0. The summed E-state index contributed by atoms with van der Waals surface area (Å²) in [5, 5.41) is 3.43. The topological polar surface area (TPSA) is 30.5 Å². The van der Waals surface area contributed by atoms with Gasteiger partial charge in [0.2, 0.25) is 0 Å². The number of hydrogen-bond donors (Lipinski definition) is 1. The largest absolute Gasteiger partial charge is 0.522 e. The zero-order valence-corrected chi connectivity index (χ0v) is 12.0. The van der Waals surface area contributed by atoms with Crippen LogP contribution in [0.3, 0.4) is 0 Å². The van der Waals surface area contributed by atoms with Crippen LogP contribution >= 0.6 is 0 Å². The molecule has 0 radical (unpaired) electrons. The van der Waals surface area contributed by atoms with Crippen molar-refractivity contribution in [1.29, 1.82) is 0 Å². The van der Waals surface area contributed by atoms with Gasteiger partial charge in [-0.15, -0.1) is 13.2 Å². The second-order valence-corrected chi connectivity index (χ2v) is 4.97. The van der Waals surface area contributed by atoms with E-state index in [0.29, 0.717) is 11.8 Å². The van der Waals surface area contributed by atoms with E-state index in [1.807, 2.05) is 6.07 Å². The summed E-state index contributed by atoms with van der Waals surface area (Å²) in [6.07, 6.45) is -1.59. The molecule has 0 saturated carbocycles. The van der Waals surface area contributed by atoms with E-state index in [1.165, 1.54) is 5.56 Å². The quantitative estimate of drug-likeness (QED) is 0.815. The van der Waals surface area contributed by atoms with Crippen LogP contribution in [-0.2, 0) is 11.2 Å². The zero-order valence-electron chi connectivity index (χ0n) is 12.0. The van der Waals surface area contributed by atoms with Gasteiger partial charge in [0.1, 0.15) is 12.4 Å². The molecule has 0 bridgehead atoms. The molecule has 1 aliphatic carbocycles. The van der Waals surface area contributed by atoms with E-state index in [1.54, 1.807) is 6.07 Å². The minimum Gasteiger partial charge on any atom is -0.491 e. The predicted octanol–water partition coefficient (Wildman–Crippen LogP) is 3.59. The Hall–Kier alpha value is -1.27. The van der Waals surface area contributed by atoms with E-state index < -0.39 is 13.0 Å². The fraction of sp³-hybridized carbons (Fsp3) is 0.600. The monoisotopic (exact) mass is 303 g/mol. The Balaban J connectivity index is 1.99. The molecule has 6 heteroatoms. The molecule has 21 heavy (non-hydrogen) atoms. The molecule has 1 aromatic carbocycles. The molecule has 3 nitrogen and oxygen atoms in total. The number of rotatable bonds is 6. The molecule has 1 N–H and O–H groups in total. The van der Waals surface area contributed by atoms with E-state index in [9.17, 15) is 13.2 Å². The van der Waals surface area contributed by atoms with Crippen LogP contribution in [0.4, 0.5) is 13.2 Å². The molecule has 118 valence electrons. The van der Waals surface area contributed by atoms with Crippen LogP contribution in [0, 0.1) is 0 Å². The van der Waals surface area contributed by atoms with Gasteiger partial charge in [-0.2, -0.15) is 0 Å². The van der Waals surface area contributed by atoms with Crippen molar-refractivity contribution in [2.75, 3.05) is 19.8 Å². The first-order valence-electron chi connectivity index (χ1n) is 7.20. The number of fused-ring (bicyclic) bond motifs is 1. The molecule has 1 aromatic rings. The molecule has 0 saturated heterocycles. The molecule has 1 aliphatic rings. The Morgan fingerprint density at radius 3 is 2.81 bits per heavy atom. The maximum absolute atomic E-state index is 11.9. The zero-order chi connectivity index (χ0) is 15.3. The number of halogens is 3. The number of hydrogen-bond acceptors (Lipinski definition) is 3. The Morgan fingerprint density at radius 1 is 1.29 bits per heavy atom. The standard InChI is InChI=1S/C15H20F3NO2/c1-2-19-13-7-3-6-12-11(13)5-4-8-14(12)20-9-10-21-15(16,17)18/h4-5,8,13,19H,2-3,6-7,9-10H2,1H3. The summed E-state index contributed by atoms with van der Waals surface area (Å²) in [4.78, 5) is 0. The van der Waals surface area contributed by atoms with Gasteiger partial charge in [0.15, 0.2) is 0 Å². The summed E-state index contributed by atoms with van der Waals surface area (Å²) in [6.45, 7) is 2.34. The van der Waals surface area contributed by atoms with Crippen LogP contribution in [0.25, 0.3) is 0 Å². The average molecular weight is 303 g/mol. The Kier molecular flexibility index (Phi) is 5.47. The van der Waals surface area contributed by atoms with E-state index in [2.05, 4.69) is 23.0 Å². The lowest BCUT2D eigenvalue weighted by atomic mass is 9.87. The normalized spacial score (nSPS) is 18.4. The molecule has 1 atom stereocenters. The second-order valence-electron chi connectivity index (χ2n) is 4.97. The highest BCUT2D eigenvalue weighted by Crippen LogP contribution is 2.35. The lowest BCUT2D eigenvalue weighted by molar-refractivity contribution is -0.325. The van der Waals surface area contributed by atoms with E-state index >= 15 is 0 Å². The molecule has 0 heterocycles. The molecule has 0 amide bonds. The first kappa shape index (κ1) is 16.1. The summed E-state index contributed by atoms with van der Waals surface area (Å²) in [6, 6.07) is 6.05. The molecule has 1 unspecified atom stereocenters. The van der Waals surface area contributed by atoms with Crippen molar-refractivity contribution < 1.29 is 22.6 Å². The second kappa shape index (κ2) is 7.13. The van der Waals surface area contributed by atoms with Gasteiger partial charge in [0.25, 0.3) is 0 Å². The molecule has 0 aromatic heterocycles. The number of ether oxygens (including phenoxy) is 2. The molecule has 0 spiro atoms. The van der Waals surface area contributed by atoms with Gasteiger partial charge >= 0.3 is 6.36 Å². The first-order valence-corrected chi connectivity index (χ1v) is 7.20. The van der Waals surface area contributed by atoms with Gasteiger partial charge in [-0.25, -0.2) is 0 Å². The van der Waals surface area contributed by atoms with E-state index in [0.717, 1.165) is 31.4 Å². The van der Waals surface area contributed by atoms with Crippen LogP contribution in [0.5, 0.6) is 5.75 Å². The molecular formula is C15H20F3NO2. The van der Waals surface area contributed by atoms with Gasteiger partial charge in [0, 0.05) is 6.04 Å². The van der Waals surface area contributed by atoms with Gasteiger partial charge < -0.3 is 10.1 Å². The van der Waals surface area contributed by atoms with E-state index in [-0.39, 0.29) is 6.61 Å². The van der Waals surface area contributed by atoms with Gasteiger partial charge in [0.05, 0.1) is 6.61 Å². The van der Waals surface area contributed by atoms with Crippen LogP contribution in [-0.4, -0.2) is 26.1 Å². The Bertz CT molecular complexity index is 463. The average Bonchev–Trinajstić information content (AvgIpc) is 2.43. The predicted molar refractivity (Wildman–Crippen MR) is 73.3 cm³/mol. The Morgan fingerprint density at radius 2 is 2.10 bits per heavy atom. The summed E-state index contributed by atoms with van der Waals surface area (Å²) < 4.78 is 44.9. The van der Waals surface area contributed by atoms with Gasteiger partial charge in [-0.05, 0) is 43.0 Å². The van der Waals surface area contributed by atoms with Crippen molar-refractivity contribution in [3.63, 3.8) is 0 Å². The maximum atomic E-state index is 11.9. The lowest BCUT2D eigenvalue weighted by Crippen LogP contribution is -2.25. The number of nitrogens with one attached hydrogen (secondary N) is 1. The van der Waals surface area contributed by atoms with Crippen LogP contribution in [0.1, 0.15) is 36.9 Å². The molecule has 0 fully saturated rings. The highest BCUT2D eigenvalue weighted by Gasteiger charge is 2.29. The van der Waals surface area contributed by atoms with Crippen LogP contribution in [0.2, 0.25) is 0 Å². The van der Waals surface area contributed by atoms with Crippen molar-refractivity contribution in [3.05, 3.63) is 29.3 Å². The van der Waals surface area contributed by atoms with Crippen molar-refractivity contribution in [2.45, 2.75) is 38.6 Å². The van der Waals surface area contributed by atoms with E-state index in [4.69, 9.17) is 4.74 Å². The molecular weight excluding hydrogens is 283 g/mol. The fourth-order valence-corrected chi connectivity index (χ4v) is 2.72. The van der Waals surface area contributed by atoms with Crippen molar-refractivity contribution >= 4 is 0 Å². The summed E-state index contributed by atoms with van der Waals surface area (Å²) in [5.41, 5.74) is 2.29. The Labute approximate surface area is 122 Å². The third kappa shape index (κ3) is 4.61.